The van der Waals surface area contributed by atoms with Gasteiger partial charge in [-0.2, -0.15) is 0 Å². The van der Waals surface area contributed by atoms with E-state index in [2.05, 4.69) is 86.8 Å². The summed E-state index contributed by atoms with van der Waals surface area (Å²) in [5.74, 6) is -0.939. The summed E-state index contributed by atoms with van der Waals surface area (Å²) in [6, 6.07) is 0. The lowest BCUT2D eigenvalue weighted by molar-refractivity contribution is -0.870. The monoisotopic (exact) mass is 888 g/mol. The van der Waals surface area contributed by atoms with Crippen LogP contribution in [0.3, 0.4) is 0 Å². The molecule has 62 heavy (non-hydrogen) atoms. The molecule has 0 bridgehead atoms. The molecule has 0 aliphatic carbocycles. The zero-order valence-electron chi connectivity index (χ0n) is 40.0. The Morgan fingerprint density at radius 2 is 0.952 bits per heavy atom. The highest BCUT2D eigenvalue weighted by Gasteiger charge is 2.21. The molecule has 0 aromatic heterocycles. The number of unbranched alkanes of at least 4 members (excludes halogenated alkanes) is 15. The maximum absolute atomic E-state index is 12.6. The number of carbonyl (C=O) groups is 2. The van der Waals surface area contributed by atoms with Gasteiger partial charge < -0.3 is 27.9 Å². The van der Waals surface area contributed by atoms with Crippen LogP contribution in [0.25, 0.3) is 0 Å². The topological polar surface area (TPSA) is 111 Å². The molecule has 0 spiro atoms. The minimum atomic E-state index is -4.65. The van der Waals surface area contributed by atoms with Crippen molar-refractivity contribution >= 4 is 19.8 Å². The quantitative estimate of drug-likeness (QED) is 0.0196. The van der Waals surface area contributed by atoms with Crippen molar-refractivity contribution in [2.24, 2.45) is 0 Å². The van der Waals surface area contributed by atoms with Crippen molar-refractivity contribution in [2.75, 3.05) is 47.5 Å². The van der Waals surface area contributed by atoms with E-state index in [4.69, 9.17) is 18.5 Å². The van der Waals surface area contributed by atoms with Crippen LogP contribution in [0.4, 0.5) is 0 Å². The fourth-order valence-corrected chi connectivity index (χ4v) is 6.87. The number of hydrogen-bond acceptors (Lipinski definition) is 8. The van der Waals surface area contributed by atoms with Gasteiger partial charge >= 0.3 is 11.9 Å². The summed E-state index contributed by atoms with van der Waals surface area (Å²) in [6.07, 6.45) is 56.4. The van der Waals surface area contributed by atoms with Crippen LogP contribution in [0.15, 0.2) is 85.1 Å². The van der Waals surface area contributed by atoms with Crippen LogP contribution in [0, 0.1) is 0 Å². The van der Waals surface area contributed by atoms with E-state index in [9.17, 15) is 19.0 Å². The molecule has 0 saturated heterocycles. The summed E-state index contributed by atoms with van der Waals surface area (Å²) < 4.78 is 33.8. The van der Waals surface area contributed by atoms with Gasteiger partial charge in [0.1, 0.15) is 19.8 Å². The van der Waals surface area contributed by atoms with E-state index in [1.807, 2.05) is 33.3 Å². The molecule has 0 heterocycles. The van der Waals surface area contributed by atoms with E-state index >= 15 is 0 Å². The Hall–Kier alpha value is -2.81. The lowest BCUT2D eigenvalue weighted by Crippen LogP contribution is -2.37. The smallest absolute Gasteiger partial charge is 0.306 e. The van der Waals surface area contributed by atoms with Gasteiger partial charge in [0.15, 0.2) is 6.10 Å². The van der Waals surface area contributed by atoms with E-state index in [-0.39, 0.29) is 26.1 Å². The van der Waals surface area contributed by atoms with Gasteiger partial charge in [-0.1, -0.05) is 176 Å². The number of allylic oxidation sites excluding steroid dienone is 14. The molecule has 0 N–H and O–H groups in total. The van der Waals surface area contributed by atoms with Crippen molar-refractivity contribution in [3.63, 3.8) is 0 Å². The second-order valence-corrected chi connectivity index (χ2v) is 18.5. The van der Waals surface area contributed by atoms with Gasteiger partial charge in [0.25, 0.3) is 7.82 Å². The molecule has 0 aromatic rings. The molecular formula is C52H90NO8P. The highest BCUT2D eigenvalue weighted by molar-refractivity contribution is 7.45. The minimum Gasteiger partial charge on any atom is -0.756 e. The second-order valence-electron chi connectivity index (χ2n) is 17.1. The van der Waals surface area contributed by atoms with Crippen molar-refractivity contribution < 1.29 is 42.1 Å². The van der Waals surface area contributed by atoms with Crippen LogP contribution in [0.1, 0.15) is 181 Å². The molecule has 2 unspecified atom stereocenters. The van der Waals surface area contributed by atoms with Crippen molar-refractivity contribution in [2.45, 2.75) is 187 Å². The Bertz CT molecular complexity index is 1330. The zero-order valence-corrected chi connectivity index (χ0v) is 40.9. The van der Waals surface area contributed by atoms with E-state index in [1.165, 1.54) is 77.0 Å². The fourth-order valence-electron chi connectivity index (χ4n) is 6.15. The normalized spacial score (nSPS) is 14.2. The number of esters is 2. The van der Waals surface area contributed by atoms with E-state index < -0.39 is 32.5 Å². The van der Waals surface area contributed by atoms with Crippen LogP contribution < -0.4 is 4.89 Å². The van der Waals surface area contributed by atoms with Crippen LogP contribution in [-0.2, 0) is 32.7 Å². The third kappa shape index (κ3) is 46.7. The predicted octanol–water partition coefficient (Wildman–Crippen LogP) is 13.7. The number of quaternary nitrogens is 1. The zero-order chi connectivity index (χ0) is 45.7. The largest absolute Gasteiger partial charge is 0.756 e. The van der Waals surface area contributed by atoms with Crippen molar-refractivity contribution in [1.29, 1.82) is 0 Å². The Morgan fingerprint density at radius 1 is 0.516 bits per heavy atom. The summed E-state index contributed by atoms with van der Waals surface area (Å²) >= 11 is 0. The molecule has 0 fully saturated rings. The fraction of sp³-hybridized carbons (Fsp3) is 0.692. The Balaban J connectivity index is 4.28. The first-order valence-corrected chi connectivity index (χ1v) is 25.8. The average molecular weight is 888 g/mol. The van der Waals surface area contributed by atoms with Crippen molar-refractivity contribution in [3.8, 4) is 0 Å². The molecule has 356 valence electrons. The summed E-state index contributed by atoms with van der Waals surface area (Å²) in [4.78, 5) is 37.6. The van der Waals surface area contributed by atoms with E-state index in [0.29, 0.717) is 23.9 Å². The van der Waals surface area contributed by atoms with Gasteiger partial charge in [-0.15, -0.1) is 0 Å². The Morgan fingerprint density at radius 3 is 1.44 bits per heavy atom. The molecule has 0 aromatic carbocycles. The molecule has 0 radical (unpaired) electrons. The van der Waals surface area contributed by atoms with Gasteiger partial charge in [0.05, 0.1) is 27.7 Å². The van der Waals surface area contributed by atoms with Crippen molar-refractivity contribution in [3.05, 3.63) is 85.1 Å². The molecule has 0 rings (SSSR count). The number of hydrogen-bond donors (Lipinski definition) is 0. The third-order valence-corrected chi connectivity index (χ3v) is 10.9. The SMILES string of the molecule is CC/C=C\C/C=C\C/C=C\C/C=C\CCC(=O)OC(COC(=O)CCCCCCCCCCCC/C=C\C/C=C\C/C=C\CCCCCCC)COP(=O)([O-])OCC[N+](C)(C)C. The Kier molecular flexibility index (Phi) is 41.5. The molecule has 0 saturated carbocycles. The van der Waals surface area contributed by atoms with E-state index in [1.54, 1.807) is 0 Å². The first-order valence-electron chi connectivity index (χ1n) is 24.3. The lowest BCUT2D eigenvalue weighted by Gasteiger charge is -2.28. The number of ether oxygens (including phenoxy) is 2. The summed E-state index contributed by atoms with van der Waals surface area (Å²) in [5.41, 5.74) is 0. The average Bonchev–Trinajstić information content (AvgIpc) is 3.23. The molecular weight excluding hydrogens is 798 g/mol. The third-order valence-electron chi connectivity index (χ3n) is 9.91. The second kappa shape index (κ2) is 43.4. The van der Waals surface area contributed by atoms with Crippen molar-refractivity contribution in [1.82, 2.24) is 0 Å². The number of carbonyl (C=O) groups excluding carboxylic acids is 2. The number of likely N-dealkylation sites (N-methyl/N-ethyl adjacent to an activating group) is 1. The number of nitrogens with zero attached hydrogens (tertiary/aromatic N) is 1. The van der Waals surface area contributed by atoms with Crippen LogP contribution in [0.5, 0.6) is 0 Å². The standard InChI is InChI=1S/C52H90NO8P/c1-6-8-10-12-14-16-18-20-21-22-23-24-25-26-27-28-29-30-31-33-34-36-38-40-42-44-51(54)58-48-50(49-60-62(56,57)59-47-46-53(3,4)5)61-52(55)45-43-41-39-37-35-32-19-17-15-13-11-9-7-2/h9,11,15,17-18,20,22-23,25-26,32,35,39,41,50H,6-8,10,12-14,16,19,21,24,27-31,33-34,36-38,40,42-49H2,1-5H3/b11-9-,17-15-,20-18-,23-22-,26-25-,35-32-,41-39-. The summed E-state index contributed by atoms with van der Waals surface area (Å²) in [5, 5.41) is 0. The highest BCUT2D eigenvalue weighted by atomic mass is 31.2. The number of phosphoric acid groups is 1. The van der Waals surface area contributed by atoms with Crippen LogP contribution in [-0.4, -0.2) is 70.0 Å². The predicted molar refractivity (Wildman–Crippen MR) is 259 cm³/mol. The number of rotatable bonds is 43. The molecule has 0 aliphatic heterocycles. The molecule has 2 atom stereocenters. The maximum Gasteiger partial charge on any atom is 0.306 e. The van der Waals surface area contributed by atoms with Crippen LogP contribution >= 0.6 is 7.82 Å². The molecule has 9 nitrogen and oxygen atoms in total. The Labute approximate surface area is 380 Å². The first-order chi connectivity index (χ1) is 30.0. The van der Waals surface area contributed by atoms with Gasteiger partial charge in [0.2, 0.25) is 0 Å². The summed E-state index contributed by atoms with van der Waals surface area (Å²) in [6.45, 7) is 4.00. The maximum atomic E-state index is 12.6. The molecule has 10 heteroatoms. The number of phosphoric ester groups is 1. The lowest BCUT2D eigenvalue weighted by atomic mass is 10.1. The van der Waals surface area contributed by atoms with Gasteiger partial charge in [-0.25, -0.2) is 0 Å². The molecule has 0 aliphatic rings. The van der Waals surface area contributed by atoms with Gasteiger partial charge in [-0.3, -0.25) is 14.2 Å². The molecule has 0 amide bonds. The first kappa shape index (κ1) is 59.2. The summed E-state index contributed by atoms with van der Waals surface area (Å²) in [7, 11) is 1.11. The van der Waals surface area contributed by atoms with Gasteiger partial charge in [-0.05, 0) is 77.0 Å². The van der Waals surface area contributed by atoms with E-state index in [0.717, 1.165) is 64.2 Å². The minimum absolute atomic E-state index is 0.0482. The van der Waals surface area contributed by atoms with Gasteiger partial charge in [0, 0.05) is 12.8 Å². The van der Waals surface area contributed by atoms with Crippen LogP contribution in [0.2, 0.25) is 0 Å². The highest BCUT2D eigenvalue weighted by Crippen LogP contribution is 2.38.